The molecule has 0 bridgehead atoms. The Morgan fingerprint density at radius 3 is 2.48 bits per heavy atom. The van der Waals surface area contributed by atoms with Crippen LogP contribution >= 0.6 is 11.6 Å². The lowest BCUT2D eigenvalue weighted by atomic mass is 9.92. The Balaban J connectivity index is 1.73. The van der Waals surface area contributed by atoms with Crippen molar-refractivity contribution < 1.29 is 27.9 Å². The van der Waals surface area contributed by atoms with Crippen LogP contribution < -0.4 is 15.4 Å². The van der Waals surface area contributed by atoms with Crippen LogP contribution in [0, 0.1) is 0 Å². The fraction of sp³-hybridized carbons (Fsp3) is 0.211. The lowest BCUT2D eigenvalue weighted by molar-refractivity contribution is -0.133. The fourth-order valence-corrected chi connectivity index (χ4v) is 3.08. The zero-order valence-electron chi connectivity index (χ0n) is 15.1. The normalized spacial score (nSPS) is 18.7. The molecule has 152 valence electrons. The van der Waals surface area contributed by atoms with Gasteiger partial charge in [-0.15, -0.1) is 0 Å². The summed E-state index contributed by atoms with van der Waals surface area (Å²) in [6.45, 7) is -2.03. The molecule has 1 saturated heterocycles. The number of benzene rings is 2. The molecular weight excluding hydrogens is 408 g/mol. The van der Waals surface area contributed by atoms with E-state index in [1.54, 1.807) is 24.3 Å². The van der Waals surface area contributed by atoms with E-state index in [9.17, 15) is 23.2 Å². The highest BCUT2D eigenvalue weighted by Crippen LogP contribution is 2.30. The zero-order valence-corrected chi connectivity index (χ0v) is 15.9. The molecule has 1 heterocycles. The summed E-state index contributed by atoms with van der Waals surface area (Å²) in [4.78, 5) is 38.2. The summed E-state index contributed by atoms with van der Waals surface area (Å²) >= 11 is 5.98. The minimum absolute atomic E-state index is 0.0832. The van der Waals surface area contributed by atoms with Crippen LogP contribution in [0.3, 0.4) is 0 Å². The van der Waals surface area contributed by atoms with Gasteiger partial charge in [0.1, 0.15) is 17.8 Å². The molecule has 1 atom stereocenters. The van der Waals surface area contributed by atoms with Crippen molar-refractivity contribution in [1.29, 1.82) is 0 Å². The van der Waals surface area contributed by atoms with Crippen molar-refractivity contribution in [3.8, 4) is 5.75 Å². The Kier molecular flexibility index (Phi) is 5.69. The molecule has 3 rings (SSSR count). The van der Waals surface area contributed by atoms with Gasteiger partial charge in [0.2, 0.25) is 5.91 Å². The van der Waals surface area contributed by atoms with Gasteiger partial charge in [0.15, 0.2) is 0 Å². The highest BCUT2D eigenvalue weighted by Gasteiger charge is 2.49. The number of hydrogen-bond acceptors (Lipinski definition) is 4. The lowest BCUT2D eigenvalue weighted by Gasteiger charge is -2.22. The molecule has 1 aliphatic rings. The second kappa shape index (κ2) is 8.04. The Hall–Kier alpha value is -3.20. The van der Waals surface area contributed by atoms with Crippen LogP contribution in [0.25, 0.3) is 0 Å². The molecule has 1 aliphatic heterocycles. The van der Waals surface area contributed by atoms with Gasteiger partial charge < -0.3 is 15.4 Å². The summed E-state index contributed by atoms with van der Waals surface area (Å²) in [7, 11) is 0. The predicted molar refractivity (Wildman–Crippen MR) is 101 cm³/mol. The van der Waals surface area contributed by atoms with Gasteiger partial charge in [-0.2, -0.15) is 8.78 Å². The number of halogens is 3. The molecule has 2 aromatic rings. The number of alkyl halides is 2. The number of para-hydroxylation sites is 1. The van der Waals surface area contributed by atoms with Crippen molar-refractivity contribution in [2.75, 3.05) is 11.9 Å². The second-order valence-corrected chi connectivity index (χ2v) is 6.78. The number of carbonyl (C=O) groups is 3. The Morgan fingerprint density at radius 1 is 1.21 bits per heavy atom. The molecule has 0 saturated carbocycles. The topological polar surface area (TPSA) is 87.7 Å². The minimum atomic E-state index is -2.98. The highest BCUT2D eigenvalue weighted by molar-refractivity contribution is 6.33. The largest absolute Gasteiger partial charge is 0.435 e. The van der Waals surface area contributed by atoms with Gasteiger partial charge in [-0.25, -0.2) is 4.79 Å². The number of hydrogen-bond donors (Lipinski definition) is 2. The van der Waals surface area contributed by atoms with Crippen LogP contribution in [0.15, 0.2) is 48.5 Å². The maximum Gasteiger partial charge on any atom is 0.387 e. The van der Waals surface area contributed by atoms with Crippen LogP contribution in [0.5, 0.6) is 5.75 Å². The van der Waals surface area contributed by atoms with Gasteiger partial charge >= 0.3 is 12.6 Å². The van der Waals surface area contributed by atoms with Crippen molar-refractivity contribution in [1.82, 2.24) is 10.2 Å². The second-order valence-electron chi connectivity index (χ2n) is 6.38. The molecule has 29 heavy (non-hydrogen) atoms. The monoisotopic (exact) mass is 423 g/mol. The van der Waals surface area contributed by atoms with E-state index in [4.69, 9.17) is 11.6 Å². The van der Waals surface area contributed by atoms with Crippen molar-refractivity contribution >= 4 is 35.1 Å². The van der Waals surface area contributed by atoms with Gasteiger partial charge in [0, 0.05) is 0 Å². The van der Waals surface area contributed by atoms with E-state index in [2.05, 4.69) is 15.4 Å². The predicted octanol–water partition coefficient (Wildman–Crippen LogP) is 3.35. The zero-order chi connectivity index (χ0) is 21.2. The number of anilines is 1. The Morgan fingerprint density at radius 2 is 1.86 bits per heavy atom. The molecule has 2 N–H and O–H groups in total. The quantitative estimate of drug-likeness (QED) is 0.697. The van der Waals surface area contributed by atoms with Crippen molar-refractivity contribution in [2.45, 2.75) is 19.1 Å². The van der Waals surface area contributed by atoms with Crippen molar-refractivity contribution in [3.05, 3.63) is 59.1 Å². The first-order chi connectivity index (χ1) is 13.7. The Labute approximate surface area is 169 Å². The molecular formula is C19H16ClF2N3O4. The number of amides is 4. The summed E-state index contributed by atoms with van der Waals surface area (Å²) in [5, 5.41) is 5.38. The van der Waals surface area contributed by atoms with Crippen LogP contribution in [0.1, 0.15) is 12.5 Å². The van der Waals surface area contributed by atoms with E-state index in [1.165, 1.54) is 31.2 Å². The number of ether oxygens (including phenoxy) is 1. The summed E-state index contributed by atoms with van der Waals surface area (Å²) in [5.41, 5.74) is -0.749. The summed E-state index contributed by atoms with van der Waals surface area (Å²) in [5.74, 6) is -1.34. The van der Waals surface area contributed by atoms with Crippen LogP contribution in [-0.2, 0) is 15.1 Å². The van der Waals surface area contributed by atoms with E-state index >= 15 is 0 Å². The van der Waals surface area contributed by atoms with E-state index in [0.29, 0.717) is 16.3 Å². The maximum atomic E-state index is 12.8. The van der Waals surface area contributed by atoms with E-state index in [1.807, 2.05) is 0 Å². The average molecular weight is 424 g/mol. The van der Waals surface area contributed by atoms with E-state index < -0.39 is 36.5 Å². The molecule has 10 heteroatoms. The molecule has 0 unspecified atom stereocenters. The number of imide groups is 1. The van der Waals surface area contributed by atoms with Crippen molar-refractivity contribution in [2.24, 2.45) is 0 Å². The molecule has 1 fully saturated rings. The van der Waals surface area contributed by atoms with Gasteiger partial charge in [0.05, 0.1) is 10.7 Å². The molecule has 2 aromatic carbocycles. The fourth-order valence-electron chi connectivity index (χ4n) is 2.90. The number of nitrogens with zero attached hydrogens (tertiary/aromatic N) is 1. The molecule has 0 radical (unpaired) electrons. The van der Waals surface area contributed by atoms with Crippen LogP contribution in [-0.4, -0.2) is 35.9 Å². The minimum Gasteiger partial charge on any atom is -0.435 e. The smallest absolute Gasteiger partial charge is 0.387 e. The number of urea groups is 1. The first-order valence-electron chi connectivity index (χ1n) is 8.44. The van der Waals surface area contributed by atoms with Gasteiger partial charge in [-0.3, -0.25) is 14.5 Å². The van der Waals surface area contributed by atoms with E-state index in [-0.39, 0.29) is 5.75 Å². The number of nitrogens with one attached hydrogen (secondary N) is 2. The SMILES string of the molecule is C[C@@]1(c2ccc(OC(F)F)cc2)NC(=O)N(CC(=O)Nc2ccccc2Cl)C1=O. The van der Waals surface area contributed by atoms with Crippen molar-refractivity contribution in [3.63, 3.8) is 0 Å². The van der Waals surface area contributed by atoms with Gasteiger partial charge in [-0.1, -0.05) is 35.9 Å². The lowest BCUT2D eigenvalue weighted by Crippen LogP contribution is -2.42. The first-order valence-corrected chi connectivity index (χ1v) is 8.82. The molecule has 0 spiro atoms. The van der Waals surface area contributed by atoms with Gasteiger partial charge in [0.25, 0.3) is 5.91 Å². The van der Waals surface area contributed by atoms with Crippen LogP contribution in [0.4, 0.5) is 19.3 Å². The highest BCUT2D eigenvalue weighted by atomic mass is 35.5. The summed E-state index contributed by atoms with van der Waals surface area (Å²) in [6.07, 6.45) is 0. The van der Waals surface area contributed by atoms with Crippen LogP contribution in [0.2, 0.25) is 5.02 Å². The Bertz CT molecular complexity index is 955. The molecule has 0 aromatic heterocycles. The molecule has 0 aliphatic carbocycles. The van der Waals surface area contributed by atoms with Gasteiger partial charge in [-0.05, 0) is 36.8 Å². The maximum absolute atomic E-state index is 12.8. The number of rotatable bonds is 6. The third kappa shape index (κ3) is 4.29. The third-order valence-electron chi connectivity index (χ3n) is 4.38. The number of carbonyl (C=O) groups excluding carboxylic acids is 3. The summed E-state index contributed by atoms with van der Waals surface area (Å²) in [6, 6.07) is 11.1. The molecule has 7 nitrogen and oxygen atoms in total. The third-order valence-corrected chi connectivity index (χ3v) is 4.71. The summed E-state index contributed by atoms with van der Waals surface area (Å²) < 4.78 is 28.8. The first kappa shape index (κ1) is 20.5. The standard InChI is InChI=1S/C19H16ClF2N3O4/c1-19(11-6-8-12(9-7-11)29-17(21)22)16(27)25(18(28)24-19)10-15(26)23-14-5-3-2-4-13(14)20/h2-9,17H,10H2,1H3,(H,23,26)(H,24,28)/t19-/m0/s1. The average Bonchev–Trinajstić information content (AvgIpc) is 2.88. The van der Waals surface area contributed by atoms with E-state index in [0.717, 1.165) is 4.90 Å². The molecule has 4 amide bonds.